The molecule has 0 spiro atoms. The third-order valence-electron chi connectivity index (χ3n) is 6.92. The highest BCUT2D eigenvalue weighted by atomic mass is 32.2. The number of benzene rings is 2. The van der Waals surface area contributed by atoms with Crippen LogP contribution in [0.1, 0.15) is 31.6 Å². The zero-order valence-electron chi connectivity index (χ0n) is 22.8. The maximum absolute atomic E-state index is 12.8. The molecule has 5 N–H and O–H groups in total. The van der Waals surface area contributed by atoms with E-state index in [2.05, 4.69) is 53.8 Å². The van der Waals surface area contributed by atoms with Crippen LogP contribution in [0.25, 0.3) is 27.3 Å². The molecule has 1 aliphatic rings. The third-order valence-corrected chi connectivity index (χ3v) is 9.34. The molecule has 12 heteroatoms. The first kappa shape index (κ1) is 31.1. The molecule has 0 radical (unpaired) electrons. The minimum Gasteiger partial charge on any atom is -0.388 e. The van der Waals surface area contributed by atoms with E-state index in [0.29, 0.717) is 4.88 Å². The quantitative estimate of drug-likeness (QED) is 0.208. The number of nitriles is 1. The minimum absolute atomic E-state index is 0.535. The number of ether oxygens (including phenoxy) is 1. The van der Waals surface area contributed by atoms with Gasteiger partial charge < -0.3 is 30.1 Å². The number of nitrogens with one attached hydrogen (secondary N) is 1. The predicted molar refractivity (Wildman–Crippen MR) is 159 cm³/mol. The molecule has 10 nitrogen and oxygen atoms in total. The first-order chi connectivity index (χ1) is 19.6. The van der Waals surface area contributed by atoms with Crippen LogP contribution >= 0.6 is 11.3 Å². The lowest BCUT2D eigenvalue weighted by Crippen LogP contribution is -2.59. The van der Waals surface area contributed by atoms with Crippen molar-refractivity contribution in [2.75, 3.05) is 24.5 Å². The van der Waals surface area contributed by atoms with Gasteiger partial charge in [-0.2, -0.15) is 5.26 Å². The van der Waals surface area contributed by atoms with E-state index < -0.39 is 52.2 Å². The van der Waals surface area contributed by atoms with Crippen molar-refractivity contribution in [2.24, 2.45) is 0 Å². The van der Waals surface area contributed by atoms with Crippen molar-refractivity contribution < 1.29 is 33.6 Å². The highest BCUT2D eigenvalue weighted by Crippen LogP contribution is 2.33. The van der Waals surface area contributed by atoms with Gasteiger partial charge in [0.25, 0.3) is 10.0 Å². The number of hydrogen-bond acceptors (Lipinski definition) is 10. The molecule has 1 aromatic heterocycles. The van der Waals surface area contributed by atoms with Crippen LogP contribution in [0.15, 0.2) is 53.4 Å². The first-order valence-electron chi connectivity index (χ1n) is 13.5. The van der Waals surface area contributed by atoms with E-state index in [1.165, 1.54) is 23.1 Å². The van der Waals surface area contributed by atoms with Gasteiger partial charge in [0.05, 0.1) is 0 Å². The smallest absolute Gasteiger partial charge is 0.250 e. The second-order valence-corrected chi connectivity index (χ2v) is 12.8. The Morgan fingerprint density at radius 3 is 2.37 bits per heavy atom. The fourth-order valence-corrected chi connectivity index (χ4v) is 6.71. The number of fused-ring (bicyclic) bond motifs is 1. The molecule has 1 fully saturated rings. The summed E-state index contributed by atoms with van der Waals surface area (Å²) < 4.78 is 32.8. The van der Waals surface area contributed by atoms with Crippen LogP contribution in [0, 0.1) is 11.3 Å². The van der Waals surface area contributed by atoms with Crippen LogP contribution in [0.4, 0.5) is 5.69 Å². The van der Waals surface area contributed by atoms with E-state index in [9.17, 15) is 34.1 Å². The molecule has 1 unspecified atom stereocenters. The van der Waals surface area contributed by atoms with Crippen LogP contribution in [-0.2, 0) is 14.8 Å². The summed E-state index contributed by atoms with van der Waals surface area (Å²) in [5.41, 5.74) is 2.17. The predicted octanol–water partition coefficient (Wildman–Crippen LogP) is 2.78. The highest BCUT2D eigenvalue weighted by Gasteiger charge is 2.43. The largest absolute Gasteiger partial charge is 0.388 e. The van der Waals surface area contributed by atoms with Crippen molar-refractivity contribution in [3.05, 3.63) is 58.3 Å². The van der Waals surface area contributed by atoms with Gasteiger partial charge in [0.15, 0.2) is 11.2 Å². The highest BCUT2D eigenvalue weighted by molar-refractivity contribution is 7.93. The molecule has 2 aromatic carbocycles. The summed E-state index contributed by atoms with van der Waals surface area (Å²) >= 11 is 1.34. The molecular formula is C29H35N3O7S2. The molecular weight excluding hydrogens is 566 g/mol. The Kier molecular flexibility index (Phi) is 10.2. The van der Waals surface area contributed by atoms with Crippen LogP contribution in [-0.4, -0.2) is 79.2 Å². The molecule has 1 saturated heterocycles. The first-order valence-corrected chi connectivity index (χ1v) is 15.8. The van der Waals surface area contributed by atoms with Crippen molar-refractivity contribution in [2.45, 2.75) is 57.4 Å². The fourth-order valence-electron chi connectivity index (χ4n) is 4.75. The molecule has 0 amide bonds. The number of allylic oxidation sites excluding steroid dienone is 1. The molecule has 4 rings (SSSR count). The Hall–Kier alpha value is -2.86. The lowest BCUT2D eigenvalue weighted by atomic mass is 9.99. The van der Waals surface area contributed by atoms with Crippen LogP contribution in [0.2, 0.25) is 0 Å². The molecule has 0 saturated carbocycles. The minimum atomic E-state index is -4.31. The molecule has 1 aliphatic heterocycles. The van der Waals surface area contributed by atoms with Gasteiger partial charge in [-0.25, -0.2) is 13.1 Å². The second-order valence-electron chi connectivity index (χ2n) is 9.94. The van der Waals surface area contributed by atoms with E-state index in [-0.39, 0.29) is 0 Å². The van der Waals surface area contributed by atoms with Gasteiger partial charge in [-0.15, -0.1) is 11.3 Å². The van der Waals surface area contributed by atoms with Crippen molar-refractivity contribution in [1.29, 1.82) is 5.26 Å². The number of aliphatic hydroxyl groups is 4. The van der Waals surface area contributed by atoms with E-state index in [1.807, 2.05) is 12.1 Å². The molecule has 5 atom stereocenters. The molecule has 3 aromatic rings. The monoisotopic (exact) mass is 601 g/mol. The summed E-state index contributed by atoms with van der Waals surface area (Å²) in [5.74, 6) is 0. The summed E-state index contributed by atoms with van der Waals surface area (Å²) in [7, 11) is -4.31. The molecule has 0 aliphatic carbocycles. The summed E-state index contributed by atoms with van der Waals surface area (Å²) in [6.45, 7) is 5.83. The zero-order chi connectivity index (χ0) is 29.7. The summed E-state index contributed by atoms with van der Waals surface area (Å²) in [5, 5.41) is 50.9. The number of aliphatic hydroxyl groups excluding tert-OH is 4. The lowest BCUT2D eigenvalue weighted by Gasteiger charge is -2.38. The third kappa shape index (κ3) is 7.14. The van der Waals surface area contributed by atoms with Crippen molar-refractivity contribution in [3.8, 4) is 16.5 Å². The molecule has 41 heavy (non-hydrogen) atoms. The molecule has 0 bridgehead atoms. The molecule has 220 valence electrons. The fraction of sp³-hybridized carbons (Fsp3) is 0.414. The number of thiophene rings is 1. The van der Waals surface area contributed by atoms with E-state index in [0.717, 1.165) is 47.1 Å². The number of rotatable bonds is 11. The summed E-state index contributed by atoms with van der Waals surface area (Å²) in [4.78, 5) is 3.30. The Balaban J connectivity index is 1.49. The van der Waals surface area contributed by atoms with Gasteiger partial charge >= 0.3 is 0 Å². The topological polar surface area (TPSA) is 163 Å². The van der Waals surface area contributed by atoms with E-state index >= 15 is 0 Å². The van der Waals surface area contributed by atoms with Crippen LogP contribution < -0.4 is 9.62 Å². The number of nitrogens with zero attached hydrogens (tertiary/aromatic N) is 2. The van der Waals surface area contributed by atoms with E-state index in [1.54, 1.807) is 12.1 Å². The van der Waals surface area contributed by atoms with Gasteiger partial charge in [-0.1, -0.05) is 32.0 Å². The Morgan fingerprint density at radius 2 is 1.68 bits per heavy atom. The maximum Gasteiger partial charge on any atom is 0.250 e. The van der Waals surface area contributed by atoms with Crippen LogP contribution in [0.3, 0.4) is 0 Å². The number of anilines is 1. The normalized spacial score (nSPS) is 23.4. The standard InChI is InChI=1S/C29H35N3O7S2/c1-3-11-32(12-4-2)21-8-7-18-13-20(6-5-19(18)14-21)25-10-9-22(40-25)15-23(16-30)41(37,38)31-17-24-26(33)27(34)28(35)29(36)39-24/h5-10,13-15,24,26-29,31,33-36H,3-4,11-12,17H2,1-2H3/b23-15+/t24-,26-,27+,28-,29?/m1/s1. The average molecular weight is 602 g/mol. The van der Waals surface area contributed by atoms with Crippen molar-refractivity contribution in [3.63, 3.8) is 0 Å². The van der Waals surface area contributed by atoms with Gasteiger partial charge in [0.1, 0.15) is 30.5 Å². The van der Waals surface area contributed by atoms with E-state index in [4.69, 9.17) is 4.74 Å². The average Bonchev–Trinajstić information content (AvgIpc) is 3.44. The van der Waals surface area contributed by atoms with Crippen molar-refractivity contribution >= 4 is 43.9 Å². The Morgan fingerprint density at radius 1 is 1.00 bits per heavy atom. The Labute approximate surface area is 243 Å². The zero-order valence-corrected chi connectivity index (χ0v) is 24.5. The lowest BCUT2D eigenvalue weighted by molar-refractivity contribution is -0.279. The second kappa shape index (κ2) is 13.4. The van der Waals surface area contributed by atoms with Gasteiger partial charge in [-0.3, -0.25) is 0 Å². The summed E-state index contributed by atoms with van der Waals surface area (Å²) in [6, 6.07) is 17.9. The summed E-state index contributed by atoms with van der Waals surface area (Å²) in [6.07, 6.45) is -4.83. The number of sulfonamides is 1. The SMILES string of the molecule is CCCN(CCC)c1ccc2cc(-c3ccc(/C=C(\C#N)S(=O)(=O)NC[C@H]4OC(O)[C@H](O)[C@@H](O)[C@@H]4O)s3)ccc2c1. The van der Waals surface area contributed by atoms with Gasteiger partial charge in [0, 0.05) is 35.1 Å². The van der Waals surface area contributed by atoms with Crippen LogP contribution in [0.5, 0.6) is 0 Å². The molecule has 2 heterocycles. The maximum atomic E-state index is 12.8. The van der Waals surface area contributed by atoms with Gasteiger partial charge in [-0.05, 0) is 65.6 Å². The van der Waals surface area contributed by atoms with Crippen molar-refractivity contribution in [1.82, 2.24) is 4.72 Å². The Bertz CT molecular complexity index is 1530. The van der Waals surface area contributed by atoms with Gasteiger partial charge in [0.2, 0.25) is 0 Å². The number of hydrogen-bond donors (Lipinski definition) is 5.